The highest BCUT2D eigenvalue weighted by atomic mass is 16.8. The molecule has 0 bridgehead atoms. The highest BCUT2D eigenvalue weighted by Crippen LogP contribution is 2.34. The molecule has 95 heavy (non-hydrogen) atoms. The first-order chi connectivity index (χ1) is 45.8. The Morgan fingerprint density at radius 1 is 0.463 bits per heavy atom. The van der Waals surface area contributed by atoms with E-state index in [4.69, 9.17) is 33.2 Å². The molecule has 3 saturated heterocycles. The number of amides is 3. The summed E-state index contributed by atoms with van der Waals surface area (Å²) in [6.07, 6.45) is -5.94. The Hall–Kier alpha value is -5.27. The standard InChI is InChI=1S/C69H107N3O23/c1-3-4-24-48(77)25-12-9-18-36-71-57(82)31-16-8-6-14-29-52(80)47-23-21-22-46(39-47)45-32-34-51(35-33-45)90-43-50(79)28-11-5-7-15-30-56(81)70-37-19-10-13-26-49(78)27-17-20-38-89-67-58(72-44(2)76)61(85)65(55(42-75)93-67)94-69-64(88)66(60(84)54(41-74)92-69)95-68-63(87)62(86)59(83)53(40-73)91-68/h21-23,32-35,39,53-55,58-69,73-75,83-88H,3-20,24-31,36-38,40-43H2,1-2H3,(H,70,81)(H,71,82)(H,72,76)/t53?,54?,55?,58?,59-,60-,61+,62-,63?,64?,65+,66-,67+,68+,69-/m0/s1. The van der Waals surface area contributed by atoms with Gasteiger partial charge < -0.3 is 95.1 Å². The van der Waals surface area contributed by atoms with Gasteiger partial charge in [0.05, 0.1) is 19.8 Å². The Labute approximate surface area is 557 Å². The Balaban J connectivity index is 0.861. The minimum atomic E-state index is -1.96. The van der Waals surface area contributed by atoms with Crippen molar-refractivity contribution in [2.45, 2.75) is 273 Å². The second kappa shape index (κ2) is 44.6. The van der Waals surface area contributed by atoms with E-state index in [1.807, 2.05) is 48.5 Å². The first-order valence-corrected chi connectivity index (χ1v) is 34.3. The van der Waals surface area contributed by atoms with Crippen LogP contribution in [0.25, 0.3) is 11.1 Å². The fraction of sp³-hybridized carbons (Fsp3) is 0.725. The molecule has 3 aliphatic rings. The molecule has 0 saturated carbocycles. The van der Waals surface area contributed by atoms with Gasteiger partial charge in [0.15, 0.2) is 30.4 Å². The molecule has 3 heterocycles. The third kappa shape index (κ3) is 28.2. The van der Waals surface area contributed by atoms with E-state index in [9.17, 15) is 79.5 Å². The molecule has 0 aliphatic carbocycles. The number of rotatable bonds is 48. The van der Waals surface area contributed by atoms with Crippen LogP contribution in [0.1, 0.15) is 191 Å². The summed E-state index contributed by atoms with van der Waals surface area (Å²) >= 11 is 0. The van der Waals surface area contributed by atoms with Gasteiger partial charge in [-0.25, -0.2) is 0 Å². The maximum absolute atomic E-state index is 13.0. The molecule has 2 aromatic rings. The Morgan fingerprint density at radius 3 is 1.53 bits per heavy atom. The summed E-state index contributed by atoms with van der Waals surface area (Å²) in [5.41, 5.74) is 2.47. The highest BCUT2D eigenvalue weighted by molar-refractivity contribution is 5.97. The average molecular weight is 1350 g/mol. The Morgan fingerprint density at radius 2 is 0.958 bits per heavy atom. The van der Waals surface area contributed by atoms with Gasteiger partial charge in [0.2, 0.25) is 17.7 Å². The minimum Gasteiger partial charge on any atom is -0.486 e. The topological polar surface area (TPSA) is 402 Å². The molecule has 26 nitrogen and oxygen atoms in total. The van der Waals surface area contributed by atoms with Crippen molar-refractivity contribution in [1.29, 1.82) is 0 Å². The van der Waals surface area contributed by atoms with E-state index >= 15 is 0 Å². The molecular weight excluding hydrogens is 1240 g/mol. The van der Waals surface area contributed by atoms with Gasteiger partial charge in [-0.3, -0.25) is 33.6 Å². The maximum atomic E-state index is 13.0. The molecule has 3 amide bonds. The van der Waals surface area contributed by atoms with E-state index in [0.717, 1.165) is 88.2 Å². The smallest absolute Gasteiger partial charge is 0.219 e. The monoisotopic (exact) mass is 1350 g/mol. The molecule has 12 N–H and O–H groups in total. The van der Waals surface area contributed by atoms with E-state index in [2.05, 4.69) is 22.9 Å². The van der Waals surface area contributed by atoms with Crippen molar-refractivity contribution < 1.29 is 113 Å². The van der Waals surface area contributed by atoms with E-state index in [1.165, 1.54) is 6.92 Å². The van der Waals surface area contributed by atoms with E-state index in [-0.39, 0.29) is 48.8 Å². The van der Waals surface area contributed by atoms with Crippen molar-refractivity contribution in [3.8, 4) is 16.9 Å². The number of benzene rings is 2. The zero-order valence-electron chi connectivity index (χ0n) is 55.4. The number of hydrogen-bond donors (Lipinski definition) is 12. The van der Waals surface area contributed by atoms with Crippen LogP contribution in [0, 0.1) is 0 Å². The third-order valence-corrected chi connectivity index (χ3v) is 17.3. The lowest BCUT2D eigenvalue weighted by Crippen LogP contribution is -2.68. The van der Waals surface area contributed by atoms with Gasteiger partial charge in [0, 0.05) is 83.6 Å². The quantitative estimate of drug-likeness (QED) is 0.0332. The van der Waals surface area contributed by atoms with Crippen LogP contribution in [-0.4, -0.2) is 225 Å². The zero-order chi connectivity index (χ0) is 69.1. The number of nitrogens with one attached hydrogen (secondary N) is 3. The van der Waals surface area contributed by atoms with Crippen LogP contribution in [0.4, 0.5) is 0 Å². The summed E-state index contributed by atoms with van der Waals surface area (Å²) in [7, 11) is 0. The van der Waals surface area contributed by atoms with Gasteiger partial charge in [0.1, 0.15) is 97.1 Å². The normalized spacial score (nSPS) is 25.9. The van der Waals surface area contributed by atoms with Gasteiger partial charge in [0.25, 0.3) is 0 Å². The number of unbranched alkanes of at least 4 members (excludes halogenated alkanes) is 12. The molecule has 26 heteroatoms. The number of aliphatic hydroxyl groups excluding tert-OH is 9. The molecule has 5 rings (SSSR count). The molecule has 6 unspecified atom stereocenters. The van der Waals surface area contributed by atoms with Crippen LogP contribution in [0.5, 0.6) is 5.75 Å². The SMILES string of the molecule is CCCCC(=O)CCCCCNC(=O)CCCCCCC(=O)c1cccc(-c2ccc(OCC(=O)CCCCCCC(=O)NCCCCCC(=O)CCCCO[C@@H]3OC(CO)[C@@H](O[C@@H]4OC(CO)[C@H](O)[C@H](O[C@H]5OC(CO)[C@H](O)[C@H](O)C5O)C4O)[C@H](O)C3NC(C)=O)cc2)c1. The van der Waals surface area contributed by atoms with Crippen LogP contribution in [0.2, 0.25) is 0 Å². The highest BCUT2D eigenvalue weighted by Gasteiger charge is 2.54. The molecule has 3 aliphatic heterocycles. The Kier molecular flexibility index (Phi) is 37.8. The van der Waals surface area contributed by atoms with Crippen LogP contribution in [0.15, 0.2) is 48.5 Å². The first-order valence-electron chi connectivity index (χ1n) is 34.3. The van der Waals surface area contributed by atoms with E-state index in [0.29, 0.717) is 114 Å². The lowest BCUT2D eigenvalue weighted by Gasteiger charge is -2.48. The molecule has 0 aromatic heterocycles. The van der Waals surface area contributed by atoms with Gasteiger partial charge in [-0.2, -0.15) is 0 Å². The molecule has 536 valence electrons. The van der Waals surface area contributed by atoms with Gasteiger partial charge in [-0.1, -0.05) is 82.2 Å². The number of Topliss-reactive ketones (excluding diaryl/α,β-unsaturated/α-hetero) is 4. The summed E-state index contributed by atoms with van der Waals surface area (Å²) in [6.45, 7) is 1.97. The third-order valence-electron chi connectivity index (χ3n) is 17.3. The fourth-order valence-electron chi connectivity index (χ4n) is 11.6. The number of carbonyl (C=O) groups excluding carboxylic acids is 7. The second-order valence-corrected chi connectivity index (χ2v) is 25.1. The number of hydrogen-bond acceptors (Lipinski definition) is 23. The maximum Gasteiger partial charge on any atom is 0.219 e. The van der Waals surface area contributed by atoms with Gasteiger partial charge >= 0.3 is 0 Å². The van der Waals surface area contributed by atoms with Crippen molar-refractivity contribution in [3.05, 3.63) is 54.1 Å². The van der Waals surface area contributed by atoms with Crippen molar-refractivity contribution in [2.24, 2.45) is 0 Å². The van der Waals surface area contributed by atoms with Crippen LogP contribution in [0.3, 0.4) is 0 Å². The van der Waals surface area contributed by atoms with Crippen LogP contribution >= 0.6 is 0 Å². The predicted octanol–water partition coefficient (Wildman–Crippen LogP) is 3.63. The van der Waals surface area contributed by atoms with Crippen molar-refractivity contribution in [2.75, 3.05) is 46.1 Å². The number of ketones is 4. The van der Waals surface area contributed by atoms with Crippen LogP contribution < -0.4 is 20.7 Å². The molecular formula is C69H107N3O23. The van der Waals surface area contributed by atoms with Crippen molar-refractivity contribution in [3.63, 3.8) is 0 Å². The summed E-state index contributed by atoms with van der Waals surface area (Å²) in [6, 6.07) is 13.7. The van der Waals surface area contributed by atoms with Crippen LogP contribution in [-0.2, 0) is 57.2 Å². The van der Waals surface area contributed by atoms with E-state index < -0.39 is 118 Å². The molecule has 0 spiro atoms. The predicted molar refractivity (Wildman–Crippen MR) is 345 cm³/mol. The first kappa shape index (κ1) is 80.4. The van der Waals surface area contributed by atoms with Gasteiger partial charge in [-0.05, 0) is 100.0 Å². The fourth-order valence-corrected chi connectivity index (χ4v) is 11.6. The average Bonchev–Trinajstić information content (AvgIpc) is 0.788. The second-order valence-electron chi connectivity index (χ2n) is 25.1. The van der Waals surface area contributed by atoms with Gasteiger partial charge in [-0.15, -0.1) is 0 Å². The summed E-state index contributed by atoms with van der Waals surface area (Å²) in [4.78, 5) is 87.1. The Bertz CT molecular complexity index is 2600. The molecule has 3 fully saturated rings. The lowest BCUT2D eigenvalue weighted by molar-refractivity contribution is -0.376. The van der Waals surface area contributed by atoms with E-state index in [1.54, 1.807) is 0 Å². The zero-order valence-corrected chi connectivity index (χ0v) is 55.4. The van der Waals surface area contributed by atoms with Crippen molar-refractivity contribution >= 4 is 40.9 Å². The molecule has 2 aromatic carbocycles. The lowest BCUT2D eigenvalue weighted by atomic mass is 9.95. The summed E-state index contributed by atoms with van der Waals surface area (Å²) < 4.78 is 40.1. The molecule has 0 radical (unpaired) electrons. The van der Waals surface area contributed by atoms with Crippen molar-refractivity contribution in [1.82, 2.24) is 16.0 Å². The number of ether oxygens (including phenoxy) is 7. The largest absolute Gasteiger partial charge is 0.486 e. The molecule has 15 atom stereocenters. The summed E-state index contributed by atoms with van der Waals surface area (Å²) in [5, 5.41) is 103. The number of aliphatic hydroxyl groups is 9. The summed E-state index contributed by atoms with van der Waals surface area (Å²) in [5.74, 6) is 0.426. The number of carbonyl (C=O) groups is 7. The minimum absolute atomic E-state index is 0.0127.